The molecule has 3 rings (SSSR count). The second-order valence-corrected chi connectivity index (χ2v) is 7.18. The lowest BCUT2D eigenvalue weighted by Crippen LogP contribution is -2.56. The van der Waals surface area contributed by atoms with Gasteiger partial charge in [-0.2, -0.15) is 0 Å². The molecule has 0 radical (unpaired) electrons. The van der Waals surface area contributed by atoms with E-state index in [1.54, 1.807) is 7.11 Å². The maximum Gasteiger partial charge on any atom is 0.220 e. The molecule has 0 aromatic heterocycles. The molecule has 6 nitrogen and oxygen atoms in total. The maximum absolute atomic E-state index is 11.3. The number of aliphatic hydroxyl groups excluding tert-OH is 1. The van der Waals surface area contributed by atoms with Crippen LogP contribution < -0.4 is 10.5 Å². The molecule has 0 bridgehead atoms. The smallest absolute Gasteiger partial charge is 0.220 e. The molecule has 0 unspecified atom stereocenters. The number of amides is 1. The molecule has 3 N–H and O–H groups in total. The summed E-state index contributed by atoms with van der Waals surface area (Å²) in [6.45, 7) is 4.11. The van der Waals surface area contributed by atoms with Gasteiger partial charge in [-0.15, -0.1) is 0 Å². The molecule has 138 valence electrons. The summed E-state index contributed by atoms with van der Waals surface area (Å²) in [7, 11) is 1.69. The SMILES string of the molecule is COc1ccccc1CN1CC[C@@H](N2CCC(C(N)=O)CC2)[C@H](O)C1. The zero-order valence-corrected chi connectivity index (χ0v) is 14.9. The van der Waals surface area contributed by atoms with Crippen LogP contribution in [0.5, 0.6) is 5.75 Å². The highest BCUT2D eigenvalue weighted by Gasteiger charge is 2.35. The van der Waals surface area contributed by atoms with E-state index in [-0.39, 0.29) is 24.0 Å². The molecule has 0 aliphatic carbocycles. The van der Waals surface area contributed by atoms with Crippen LogP contribution in [0.3, 0.4) is 0 Å². The van der Waals surface area contributed by atoms with Gasteiger partial charge in [0.15, 0.2) is 0 Å². The van der Waals surface area contributed by atoms with Gasteiger partial charge in [0.25, 0.3) is 0 Å². The third kappa shape index (κ3) is 4.32. The van der Waals surface area contributed by atoms with Gasteiger partial charge < -0.3 is 15.6 Å². The van der Waals surface area contributed by atoms with E-state index >= 15 is 0 Å². The average Bonchev–Trinajstić information content (AvgIpc) is 2.62. The zero-order valence-electron chi connectivity index (χ0n) is 14.9. The van der Waals surface area contributed by atoms with Crippen LogP contribution in [0, 0.1) is 5.92 Å². The van der Waals surface area contributed by atoms with E-state index in [2.05, 4.69) is 15.9 Å². The molecule has 1 aromatic rings. The number of rotatable bonds is 5. The van der Waals surface area contributed by atoms with Crippen LogP contribution in [-0.2, 0) is 11.3 Å². The van der Waals surface area contributed by atoms with Gasteiger partial charge in [-0.05, 0) is 38.4 Å². The molecular weight excluding hydrogens is 318 g/mol. The Hall–Kier alpha value is -1.63. The summed E-state index contributed by atoms with van der Waals surface area (Å²) in [6, 6.07) is 8.22. The number of hydrogen-bond acceptors (Lipinski definition) is 5. The standard InChI is InChI=1S/C19H29N3O3/c1-25-18-5-3-2-4-15(18)12-21-9-8-16(17(23)13-21)22-10-6-14(7-11-22)19(20)24/h2-5,14,16-17,23H,6-13H2,1H3,(H2,20,24)/t16-,17-/m1/s1. The summed E-state index contributed by atoms with van der Waals surface area (Å²) in [5.41, 5.74) is 6.56. The Morgan fingerprint density at radius 2 is 1.96 bits per heavy atom. The number of hydrogen-bond donors (Lipinski definition) is 2. The minimum Gasteiger partial charge on any atom is -0.496 e. The van der Waals surface area contributed by atoms with Gasteiger partial charge in [-0.3, -0.25) is 14.6 Å². The van der Waals surface area contributed by atoms with Gasteiger partial charge in [-0.1, -0.05) is 18.2 Å². The highest BCUT2D eigenvalue weighted by molar-refractivity contribution is 5.76. The van der Waals surface area contributed by atoms with Crippen molar-refractivity contribution in [2.24, 2.45) is 11.7 Å². The van der Waals surface area contributed by atoms with E-state index in [1.807, 2.05) is 18.2 Å². The molecule has 1 amide bonds. The number of para-hydroxylation sites is 1. The second-order valence-electron chi connectivity index (χ2n) is 7.18. The molecule has 2 aliphatic heterocycles. The van der Waals surface area contributed by atoms with Crippen molar-refractivity contribution in [2.75, 3.05) is 33.3 Å². The second kappa shape index (κ2) is 8.17. The van der Waals surface area contributed by atoms with E-state index < -0.39 is 0 Å². The summed E-state index contributed by atoms with van der Waals surface area (Å²) in [5.74, 6) is 0.707. The summed E-state index contributed by atoms with van der Waals surface area (Å²) in [5, 5.41) is 10.7. The number of carbonyl (C=O) groups is 1. The number of β-amino-alcohol motifs (C(OH)–C–C–N with tert-alkyl or cyclic N) is 1. The van der Waals surface area contributed by atoms with E-state index in [0.717, 1.165) is 56.8 Å². The molecule has 2 aliphatic rings. The largest absolute Gasteiger partial charge is 0.496 e. The first kappa shape index (κ1) is 18.2. The lowest BCUT2D eigenvalue weighted by Gasteiger charge is -2.44. The van der Waals surface area contributed by atoms with Crippen molar-refractivity contribution in [3.05, 3.63) is 29.8 Å². The van der Waals surface area contributed by atoms with Crippen molar-refractivity contribution in [3.63, 3.8) is 0 Å². The minimum atomic E-state index is -0.367. The summed E-state index contributed by atoms with van der Waals surface area (Å²) in [6.07, 6.45) is 2.19. The Bertz CT molecular complexity index is 587. The first-order valence-corrected chi connectivity index (χ1v) is 9.14. The molecule has 25 heavy (non-hydrogen) atoms. The molecule has 2 heterocycles. The minimum absolute atomic E-state index is 0.000901. The van der Waals surface area contributed by atoms with Crippen LogP contribution >= 0.6 is 0 Å². The zero-order chi connectivity index (χ0) is 17.8. The van der Waals surface area contributed by atoms with Gasteiger partial charge in [0.2, 0.25) is 5.91 Å². The summed E-state index contributed by atoms with van der Waals surface area (Å²) < 4.78 is 5.42. The molecule has 2 atom stereocenters. The van der Waals surface area contributed by atoms with Crippen molar-refractivity contribution < 1.29 is 14.6 Å². The molecular formula is C19H29N3O3. The quantitative estimate of drug-likeness (QED) is 0.825. The van der Waals surface area contributed by atoms with Crippen LogP contribution in [0.2, 0.25) is 0 Å². The molecule has 0 spiro atoms. The topological polar surface area (TPSA) is 79.0 Å². The van der Waals surface area contributed by atoms with Gasteiger partial charge in [0.1, 0.15) is 5.75 Å². The Kier molecular flexibility index (Phi) is 5.93. The average molecular weight is 347 g/mol. The van der Waals surface area contributed by atoms with E-state index in [1.165, 1.54) is 0 Å². The fourth-order valence-corrected chi connectivity index (χ4v) is 4.14. The predicted octanol–water partition coefficient (Wildman–Crippen LogP) is 0.828. The van der Waals surface area contributed by atoms with Crippen LogP contribution in [0.15, 0.2) is 24.3 Å². The van der Waals surface area contributed by atoms with Gasteiger partial charge in [0, 0.05) is 37.2 Å². The Balaban J connectivity index is 1.53. The normalized spacial score (nSPS) is 26.5. The van der Waals surface area contributed by atoms with Gasteiger partial charge in [0.05, 0.1) is 13.2 Å². The van der Waals surface area contributed by atoms with E-state index in [9.17, 15) is 9.90 Å². The number of primary amides is 1. The lowest BCUT2D eigenvalue weighted by atomic mass is 9.92. The predicted molar refractivity (Wildman–Crippen MR) is 96.2 cm³/mol. The van der Waals surface area contributed by atoms with Crippen molar-refractivity contribution in [3.8, 4) is 5.75 Å². The van der Waals surface area contributed by atoms with Crippen molar-refractivity contribution in [2.45, 2.75) is 38.0 Å². The molecule has 0 saturated carbocycles. The molecule has 6 heteroatoms. The van der Waals surface area contributed by atoms with E-state index in [4.69, 9.17) is 10.5 Å². The van der Waals surface area contributed by atoms with E-state index in [0.29, 0.717) is 6.54 Å². The molecule has 1 aromatic carbocycles. The number of ether oxygens (including phenoxy) is 1. The fourth-order valence-electron chi connectivity index (χ4n) is 4.14. The van der Waals surface area contributed by atoms with Crippen LogP contribution in [-0.4, -0.2) is 66.2 Å². The first-order chi connectivity index (χ1) is 12.1. The number of benzene rings is 1. The molecule has 2 fully saturated rings. The van der Waals surface area contributed by atoms with Crippen LogP contribution in [0.4, 0.5) is 0 Å². The number of nitrogens with zero attached hydrogens (tertiary/aromatic N) is 2. The lowest BCUT2D eigenvalue weighted by molar-refractivity contribution is -0.123. The molecule has 2 saturated heterocycles. The Morgan fingerprint density at radius 3 is 2.60 bits per heavy atom. The van der Waals surface area contributed by atoms with Crippen molar-refractivity contribution >= 4 is 5.91 Å². The number of likely N-dealkylation sites (tertiary alicyclic amines) is 2. The van der Waals surface area contributed by atoms with Crippen molar-refractivity contribution in [1.82, 2.24) is 9.80 Å². The number of aliphatic hydroxyl groups is 1. The Morgan fingerprint density at radius 1 is 1.24 bits per heavy atom. The third-order valence-electron chi connectivity index (χ3n) is 5.62. The number of piperidine rings is 2. The number of carbonyl (C=O) groups excluding carboxylic acids is 1. The maximum atomic E-state index is 11.3. The third-order valence-corrected chi connectivity index (χ3v) is 5.62. The number of methoxy groups -OCH3 is 1. The van der Waals surface area contributed by atoms with Crippen LogP contribution in [0.1, 0.15) is 24.8 Å². The van der Waals surface area contributed by atoms with Gasteiger partial charge >= 0.3 is 0 Å². The Labute approximate surface area is 149 Å². The summed E-state index contributed by atoms with van der Waals surface area (Å²) >= 11 is 0. The highest BCUT2D eigenvalue weighted by Crippen LogP contribution is 2.26. The highest BCUT2D eigenvalue weighted by atomic mass is 16.5. The number of nitrogens with two attached hydrogens (primary N) is 1. The van der Waals surface area contributed by atoms with Crippen LogP contribution in [0.25, 0.3) is 0 Å². The van der Waals surface area contributed by atoms with Crippen molar-refractivity contribution in [1.29, 1.82) is 0 Å². The monoisotopic (exact) mass is 347 g/mol. The first-order valence-electron chi connectivity index (χ1n) is 9.14. The summed E-state index contributed by atoms with van der Waals surface area (Å²) in [4.78, 5) is 15.9. The fraction of sp³-hybridized carbons (Fsp3) is 0.632. The van der Waals surface area contributed by atoms with Gasteiger partial charge in [-0.25, -0.2) is 0 Å².